The Labute approximate surface area is 195 Å². The molecule has 0 aliphatic carbocycles. The van der Waals surface area contributed by atoms with E-state index in [1.165, 1.54) is 11.8 Å². The minimum Gasteiger partial charge on any atom is -0.496 e. The minimum absolute atomic E-state index is 0.0895. The second-order valence-electron chi connectivity index (χ2n) is 7.46. The third-order valence-corrected chi connectivity index (χ3v) is 6.20. The molecule has 0 saturated heterocycles. The first kappa shape index (κ1) is 21.2. The largest absolute Gasteiger partial charge is 0.496 e. The molecule has 1 aromatic heterocycles. The number of para-hydroxylation sites is 1. The zero-order valence-electron chi connectivity index (χ0n) is 18.5. The molecule has 7 nitrogen and oxygen atoms in total. The van der Waals surface area contributed by atoms with Gasteiger partial charge in [-0.3, -0.25) is 9.69 Å². The van der Waals surface area contributed by atoms with Crippen LogP contribution in [0.1, 0.15) is 25.1 Å². The fraction of sp³-hybridized carbons (Fsp3) is 0.200. The highest BCUT2D eigenvalue weighted by Gasteiger charge is 2.37. The summed E-state index contributed by atoms with van der Waals surface area (Å²) in [5.41, 5.74) is 2.68. The number of methoxy groups -OCH3 is 1. The lowest BCUT2D eigenvalue weighted by Crippen LogP contribution is -2.37. The zero-order chi connectivity index (χ0) is 22.9. The van der Waals surface area contributed by atoms with E-state index in [4.69, 9.17) is 9.47 Å². The van der Waals surface area contributed by atoms with Crippen molar-refractivity contribution in [2.24, 2.45) is 0 Å². The number of anilines is 1. The molecule has 0 radical (unpaired) electrons. The van der Waals surface area contributed by atoms with Gasteiger partial charge in [0.05, 0.1) is 18.4 Å². The highest BCUT2D eigenvalue weighted by Crippen LogP contribution is 2.46. The molecule has 1 atom stereocenters. The van der Waals surface area contributed by atoms with E-state index in [1.54, 1.807) is 12.0 Å². The van der Waals surface area contributed by atoms with Gasteiger partial charge in [0.1, 0.15) is 5.75 Å². The summed E-state index contributed by atoms with van der Waals surface area (Å²) in [6.07, 6.45) is 1.37. The van der Waals surface area contributed by atoms with E-state index < -0.39 is 6.23 Å². The topological polar surface area (TPSA) is 77.4 Å². The molecule has 4 aromatic rings. The van der Waals surface area contributed by atoms with E-state index in [-0.39, 0.29) is 5.91 Å². The van der Waals surface area contributed by atoms with Gasteiger partial charge in [0, 0.05) is 12.0 Å². The normalized spacial score (nSPS) is 14.8. The van der Waals surface area contributed by atoms with E-state index in [2.05, 4.69) is 15.2 Å². The molecule has 0 N–H and O–H groups in total. The molecule has 5 rings (SSSR count). The molecule has 1 amide bonds. The Hall–Kier alpha value is -3.65. The van der Waals surface area contributed by atoms with Crippen LogP contribution < -0.4 is 14.4 Å². The number of aromatic nitrogens is 3. The average molecular weight is 459 g/mol. The molecule has 0 fully saturated rings. The highest BCUT2D eigenvalue weighted by molar-refractivity contribution is 7.98. The van der Waals surface area contributed by atoms with Gasteiger partial charge in [-0.05, 0) is 29.2 Å². The molecule has 1 aliphatic rings. The van der Waals surface area contributed by atoms with Crippen molar-refractivity contribution >= 4 is 34.1 Å². The predicted molar refractivity (Wildman–Crippen MR) is 129 cm³/mol. The molecule has 0 saturated carbocycles. The maximum Gasteiger partial charge on any atom is 0.247 e. The third-order valence-electron chi connectivity index (χ3n) is 5.66. The van der Waals surface area contributed by atoms with E-state index >= 15 is 0 Å². The Morgan fingerprint density at radius 1 is 1.09 bits per heavy atom. The SMILES string of the molecule is CCC(=O)N1c2ccccc2-c2nnc(SC)nc2OC1c1c(OC)ccc2ccccc12. The molecule has 0 spiro atoms. The molecule has 1 unspecified atom stereocenters. The van der Waals surface area contributed by atoms with Gasteiger partial charge in [-0.15, -0.1) is 10.2 Å². The van der Waals surface area contributed by atoms with Crippen LogP contribution in [0.3, 0.4) is 0 Å². The summed E-state index contributed by atoms with van der Waals surface area (Å²) in [4.78, 5) is 19.7. The smallest absolute Gasteiger partial charge is 0.247 e. The van der Waals surface area contributed by atoms with Crippen LogP contribution in [0.5, 0.6) is 11.6 Å². The first-order valence-corrected chi connectivity index (χ1v) is 11.8. The molecular weight excluding hydrogens is 436 g/mol. The van der Waals surface area contributed by atoms with Crippen LogP contribution in [0.15, 0.2) is 65.8 Å². The van der Waals surface area contributed by atoms with Gasteiger partial charge < -0.3 is 9.47 Å². The van der Waals surface area contributed by atoms with Gasteiger partial charge in [0.2, 0.25) is 23.2 Å². The van der Waals surface area contributed by atoms with Crippen LogP contribution >= 0.6 is 11.8 Å². The maximum atomic E-state index is 13.4. The number of amides is 1. The van der Waals surface area contributed by atoms with Gasteiger partial charge in [-0.25, -0.2) is 0 Å². The van der Waals surface area contributed by atoms with Crippen LogP contribution in [0.25, 0.3) is 22.0 Å². The summed E-state index contributed by atoms with van der Waals surface area (Å²) in [5, 5.41) is 11.1. The van der Waals surface area contributed by atoms with E-state index in [1.807, 2.05) is 73.8 Å². The van der Waals surface area contributed by atoms with Crippen LogP contribution in [-0.4, -0.2) is 34.5 Å². The molecular formula is C25H22N4O3S. The molecule has 1 aliphatic heterocycles. The first-order valence-electron chi connectivity index (χ1n) is 10.6. The van der Waals surface area contributed by atoms with Crippen LogP contribution in [0, 0.1) is 0 Å². The van der Waals surface area contributed by atoms with Crippen molar-refractivity contribution in [2.45, 2.75) is 24.7 Å². The number of nitrogens with zero attached hydrogens (tertiary/aromatic N) is 4. The maximum absolute atomic E-state index is 13.4. The molecule has 2 heterocycles. The fourth-order valence-electron chi connectivity index (χ4n) is 4.14. The van der Waals surface area contributed by atoms with Gasteiger partial charge in [-0.1, -0.05) is 67.2 Å². The van der Waals surface area contributed by atoms with Gasteiger partial charge in [0.25, 0.3) is 0 Å². The summed E-state index contributed by atoms with van der Waals surface area (Å²) in [5.74, 6) is 0.863. The van der Waals surface area contributed by atoms with Gasteiger partial charge in [-0.2, -0.15) is 4.98 Å². The van der Waals surface area contributed by atoms with E-state index in [0.717, 1.165) is 21.9 Å². The standard InChI is InChI=1S/C25H22N4O3S/c1-4-20(30)29-18-12-8-7-11-17(18)22-23(26-25(33-3)28-27-22)32-24(29)21-16-10-6-5-9-15(16)13-14-19(21)31-2/h5-14,24H,4H2,1-3H3. The van der Waals surface area contributed by atoms with Crippen molar-refractivity contribution in [1.82, 2.24) is 15.2 Å². The number of hydrogen-bond acceptors (Lipinski definition) is 7. The number of ether oxygens (including phenoxy) is 2. The summed E-state index contributed by atoms with van der Waals surface area (Å²) in [7, 11) is 1.62. The van der Waals surface area contributed by atoms with Crippen LogP contribution in [0.4, 0.5) is 5.69 Å². The second kappa shape index (κ2) is 8.71. The Bertz CT molecular complexity index is 1360. The molecule has 3 aromatic carbocycles. The van der Waals surface area contributed by atoms with Crippen molar-refractivity contribution in [3.8, 4) is 22.9 Å². The van der Waals surface area contributed by atoms with Crippen molar-refractivity contribution < 1.29 is 14.3 Å². The number of carbonyl (C=O) groups is 1. The third kappa shape index (κ3) is 3.56. The molecule has 0 bridgehead atoms. The van der Waals surface area contributed by atoms with Crippen molar-refractivity contribution in [3.05, 3.63) is 66.2 Å². The van der Waals surface area contributed by atoms with Crippen molar-refractivity contribution in [1.29, 1.82) is 0 Å². The summed E-state index contributed by atoms with van der Waals surface area (Å²) < 4.78 is 12.3. The number of carbonyl (C=O) groups excluding carboxylic acids is 1. The molecule has 33 heavy (non-hydrogen) atoms. The Morgan fingerprint density at radius 3 is 2.67 bits per heavy atom. The van der Waals surface area contributed by atoms with Gasteiger partial charge in [0.15, 0.2) is 5.69 Å². The summed E-state index contributed by atoms with van der Waals surface area (Å²) in [6, 6.07) is 19.5. The molecule has 8 heteroatoms. The average Bonchev–Trinajstić information content (AvgIpc) is 3.01. The monoisotopic (exact) mass is 458 g/mol. The quantitative estimate of drug-likeness (QED) is 0.386. The number of benzene rings is 3. The lowest BCUT2D eigenvalue weighted by Gasteiger charge is -2.32. The number of rotatable bonds is 4. The lowest BCUT2D eigenvalue weighted by atomic mass is 10.0. The minimum atomic E-state index is -0.813. The zero-order valence-corrected chi connectivity index (χ0v) is 19.3. The van der Waals surface area contributed by atoms with Crippen LogP contribution in [-0.2, 0) is 4.79 Å². The Morgan fingerprint density at radius 2 is 1.88 bits per heavy atom. The van der Waals surface area contributed by atoms with Gasteiger partial charge >= 0.3 is 0 Å². The van der Waals surface area contributed by atoms with E-state index in [9.17, 15) is 4.79 Å². The van der Waals surface area contributed by atoms with Crippen molar-refractivity contribution in [3.63, 3.8) is 0 Å². The predicted octanol–water partition coefficient (Wildman–Crippen LogP) is 5.26. The number of thioether (sulfide) groups is 1. The number of hydrogen-bond donors (Lipinski definition) is 0. The summed E-state index contributed by atoms with van der Waals surface area (Å²) in [6.45, 7) is 1.84. The highest BCUT2D eigenvalue weighted by atomic mass is 32.2. The second-order valence-corrected chi connectivity index (χ2v) is 8.23. The Balaban J connectivity index is 1.85. The van der Waals surface area contributed by atoms with Crippen LogP contribution in [0.2, 0.25) is 0 Å². The summed E-state index contributed by atoms with van der Waals surface area (Å²) >= 11 is 1.38. The fourth-order valence-corrected chi connectivity index (χ4v) is 4.43. The Kier molecular flexibility index (Phi) is 5.60. The van der Waals surface area contributed by atoms with E-state index in [0.29, 0.717) is 34.6 Å². The molecule has 166 valence electrons. The number of fused-ring (bicyclic) bond motifs is 4. The van der Waals surface area contributed by atoms with Crippen molar-refractivity contribution in [2.75, 3.05) is 18.3 Å². The lowest BCUT2D eigenvalue weighted by molar-refractivity contribution is -0.120. The first-order chi connectivity index (χ1) is 16.2.